The summed E-state index contributed by atoms with van der Waals surface area (Å²) in [6.07, 6.45) is 46.2. The molecule has 7 rings (SSSR count). The summed E-state index contributed by atoms with van der Waals surface area (Å²) in [5, 5.41) is 4.57. The molecule has 9 heteroatoms. The van der Waals surface area contributed by atoms with Crippen LogP contribution in [0.3, 0.4) is 0 Å². The molecule has 0 aromatic heterocycles. The van der Waals surface area contributed by atoms with Gasteiger partial charge in [0.25, 0.3) is 0 Å². The van der Waals surface area contributed by atoms with Gasteiger partial charge < -0.3 is 0 Å². The van der Waals surface area contributed by atoms with Gasteiger partial charge in [-0.05, 0) is 0 Å². The van der Waals surface area contributed by atoms with Crippen molar-refractivity contribution in [3.63, 3.8) is 0 Å². The Labute approximate surface area is 312 Å². The zero-order valence-electron chi connectivity index (χ0n) is 25.9. The Balaban J connectivity index is 1.27. The van der Waals surface area contributed by atoms with Crippen LogP contribution in [-0.4, -0.2) is 88.0 Å². The summed E-state index contributed by atoms with van der Waals surface area (Å²) in [5.74, 6) is 0. The van der Waals surface area contributed by atoms with Crippen molar-refractivity contribution in [2.24, 2.45) is 0 Å². The number of hydrogen-bond donors (Lipinski definition) is 0. The van der Waals surface area contributed by atoms with E-state index in [1.54, 1.807) is 0 Å². The van der Waals surface area contributed by atoms with E-state index in [1.165, 1.54) is 77.0 Å². The molecule has 240 valence electrons. The maximum absolute atomic E-state index is 2.89. The van der Waals surface area contributed by atoms with Gasteiger partial charge in [0.15, 0.2) is 0 Å². The molecule has 0 radical (unpaired) electrons. The van der Waals surface area contributed by atoms with E-state index >= 15 is 0 Å². The van der Waals surface area contributed by atoms with Gasteiger partial charge in [0.05, 0.1) is 0 Å². The Kier molecular flexibility index (Phi) is 14.9. The third kappa shape index (κ3) is 10.7. The van der Waals surface area contributed by atoms with Crippen LogP contribution in [0.25, 0.3) is 0 Å². The van der Waals surface area contributed by atoms with Gasteiger partial charge >= 0.3 is 317 Å². The van der Waals surface area contributed by atoms with E-state index in [9.17, 15) is 0 Å². The van der Waals surface area contributed by atoms with E-state index in [-0.39, 0.29) is 0 Å². The first-order valence-electron chi connectivity index (χ1n) is 16.8. The normalized spacial score (nSPS) is 30.2. The van der Waals surface area contributed by atoms with E-state index in [0.717, 1.165) is 31.5 Å². The molecular weight excluding hydrogens is 1250 g/mol. The number of benzene rings is 1. The molecule has 0 amide bonds. The van der Waals surface area contributed by atoms with E-state index in [2.05, 4.69) is 142 Å². The van der Waals surface area contributed by atoms with Crippen LogP contribution in [0.2, 0.25) is 0 Å². The predicted octanol–water partition coefficient (Wildman–Crippen LogP) is 9.48. The standard InChI is InChI=1S/C6H3.6C5H8S.3Bi/c1-2-4-6-5-3-1;6*6-5-3-1-2-4-5;;;/h1,4-5H;6*1,3,5-6H,2,4H2;;;/q;;;;;;;3*+2/p-6. The summed E-state index contributed by atoms with van der Waals surface area (Å²) in [6.45, 7) is 0. The van der Waals surface area contributed by atoms with E-state index in [1.807, 2.05) is 9.81 Å². The fourth-order valence-corrected chi connectivity index (χ4v) is 88.6. The molecule has 6 aliphatic rings. The first kappa shape index (κ1) is 35.8. The molecular formula is C36H45Bi3S6. The first-order chi connectivity index (χ1) is 22.2. The molecule has 0 fully saturated rings. The second kappa shape index (κ2) is 18.8. The van der Waals surface area contributed by atoms with Gasteiger partial charge in [0.1, 0.15) is 0 Å². The molecule has 1 aromatic rings. The van der Waals surface area contributed by atoms with Crippen molar-refractivity contribution in [1.82, 2.24) is 0 Å². The van der Waals surface area contributed by atoms with Crippen LogP contribution in [0.1, 0.15) is 77.0 Å². The summed E-state index contributed by atoms with van der Waals surface area (Å²) in [4.78, 5) is 0. The molecule has 6 atom stereocenters. The van der Waals surface area contributed by atoms with Gasteiger partial charge in [-0.2, -0.15) is 0 Å². The van der Waals surface area contributed by atoms with Crippen molar-refractivity contribution < 1.29 is 0 Å². The summed E-state index contributed by atoms with van der Waals surface area (Å²) in [5.41, 5.74) is 0. The Hall–Kier alpha value is 2.41. The van der Waals surface area contributed by atoms with Crippen molar-refractivity contribution in [3.05, 3.63) is 91.1 Å². The van der Waals surface area contributed by atoms with Crippen molar-refractivity contribution in [2.75, 3.05) is 0 Å². The van der Waals surface area contributed by atoms with E-state index in [4.69, 9.17) is 0 Å². The van der Waals surface area contributed by atoms with Crippen LogP contribution >= 0.6 is 51.1 Å². The fraction of sp³-hybridized carbons (Fsp3) is 0.500. The summed E-state index contributed by atoms with van der Waals surface area (Å²) in [6, 6.07) is 8.66. The topological polar surface area (TPSA) is 0 Å². The van der Waals surface area contributed by atoms with Crippen molar-refractivity contribution in [3.8, 4) is 0 Å². The molecule has 6 aliphatic carbocycles. The monoisotopic (exact) mass is 1300 g/mol. The van der Waals surface area contributed by atoms with Crippen molar-refractivity contribution in [2.45, 2.75) is 109 Å². The van der Waals surface area contributed by atoms with E-state index < -0.39 is 56.5 Å². The quantitative estimate of drug-likeness (QED) is 0.126. The first-order valence-corrected chi connectivity index (χ1v) is 52.6. The van der Waals surface area contributed by atoms with E-state index in [0.29, 0.717) is 0 Å². The Morgan fingerprint density at radius 2 is 0.533 bits per heavy atom. The second-order valence-electron chi connectivity index (χ2n) is 12.4. The molecule has 0 heterocycles. The average molecular weight is 1300 g/mol. The summed E-state index contributed by atoms with van der Waals surface area (Å²) >= 11 is -6.40. The van der Waals surface area contributed by atoms with Gasteiger partial charge in [-0.3, -0.25) is 0 Å². The molecule has 0 saturated heterocycles. The Bertz CT molecular complexity index is 1080. The summed E-state index contributed by atoms with van der Waals surface area (Å²) < 4.78 is 5.63. The second-order valence-corrected chi connectivity index (χ2v) is 69.4. The number of hydrogen-bond acceptors (Lipinski definition) is 6. The molecule has 0 aliphatic heterocycles. The Morgan fingerprint density at radius 3 is 0.689 bits per heavy atom. The molecule has 0 bridgehead atoms. The van der Waals surface area contributed by atoms with Gasteiger partial charge in [-0.15, -0.1) is 0 Å². The molecule has 1 aromatic carbocycles. The number of rotatable bonds is 15. The zero-order chi connectivity index (χ0) is 30.3. The van der Waals surface area contributed by atoms with Gasteiger partial charge in [0, 0.05) is 0 Å². The summed E-state index contributed by atoms with van der Waals surface area (Å²) in [7, 11) is 14.9. The zero-order valence-corrected chi connectivity index (χ0v) is 41.2. The molecule has 45 heavy (non-hydrogen) atoms. The van der Waals surface area contributed by atoms with Crippen molar-refractivity contribution in [1.29, 1.82) is 0 Å². The molecule has 0 N–H and O–H groups in total. The van der Waals surface area contributed by atoms with Crippen LogP contribution in [0.5, 0.6) is 0 Å². The van der Waals surface area contributed by atoms with Gasteiger partial charge in [0.2, 0.25) is 0 Å². The third-order valence-corrected chi connectivity index (χ3v) is 78.8. The van der Waals surface area contributed by atoms with Crippen LogP contribution in [0.15, 0.2) is 91.1 Å². The van der Waals surface area contributed by atoms with Crippen molar-refractivity contribution >= 4 is 117 Å². The SMILES string of the molecule is C1=CC([S][Bi]([S]C2C=CCC2)[c]2c[c]([Bi]([S]C3C=CCC3)[S]C3C=CCC3)c[c]([Bi]([S]C3C=CCC3)[S]C3C=CCC3)c2)CC1. The van der Waals surface area contributed by atoms with Crippen LogP contribution in [0, 0.1) is 0 Å². The fourth-order valence-electron chi connectivity index (χ4n) is 6.23. The van der Waals surface area contributed by atoms with Gasteiger partial charge in [-0.25, -0.2) is 0 Å². The molecule has 0 spiro atoms. The average Bonchev–Trinajstić information content (AvgIpc) is 3.90. The maximum atomic E-state index is 2.89. The van der Waals surface area contributed by atoms with Crippen LogP contribution < -0.4 is 9.81 Å². The molecule has 6 unspecified atom stereocenters. The van der Waals surface area contributed by atoms with Crippen LogP contribution in [-0.2, 0) is 0 Å². The van der Waals surface area contributed by atoms with Gasteiger partial charge in [-0.1, -0.05) is 0 Å². The molecule has 0 saturated carbocycles. The number of allylic oxidation sites excluding steroid dienone is 6. The Morgan fingerprint density at radius 1 is 0.333 bits per heavy atom. The minimum atomic E-state index is -2.13. The molecule has 0 nitrogen and oxygen atoms in total. The third-order valence-electron chi connectivity index (χ3n) is 8.72. The predicted molar refractivity (Wildman–Crippen MR) is 221 cm³/mol. The minimum absolute atomic E-state index is 0.761. The van der Waals surface area contributed by atoms with Crippen LogP contribution in [0.4, 0.5) is 0 Å².